The first kappa shape index (κ1) is 20.8. The zero-order chi connectivity index (χ0) is 20.8. The van der Waals surface area contributed by atoms with Gasteiger partial charge in [0.2, 0.25) is 11.9 Å². The molecule has 0 aliphatic carbocycles. The molecule has 3 N–H and O–H groups in total. The Balaban J connectivity index is 1.53. The summed E-state index contributed by atoms with van der Waals surface area (Å²) in [4.78, 5) is 45.6. The minimum atomic E-state index is -0.458. The van der Waals surface area contributed by atoms with Gasteiger partial charge in [-0.25, -0.2) is 4.98 Å². The summed E-state index contributed by atoms with van der Waals surface area (Å²) >= 11 is 5.78. The number of nitrogens with zero attached hydrogens (tertiary/aromatic N) is 2. The summed E-state index contributed by atoms with van der Waals surface area (Å²) in [5.74, 6) is -0.358. The number of aromatic amines is 1. The fourth-order valence-corrected chi connectivity index (χ4v) is 3.04. The van der Waals surface area contributed by atoms with E-state index in [9.17, 15) is 14.4 Å². The van der Waals surface area contributed by atoms with Crippen LogP contribution >= 0.6 is 11.6 Å². The Morgan fingerprint density at radius 1 is 1.21 bits per heavy atom. The molecule has 1 aromatic carbocycles. The van der Waals surface area contributed by atoms with Crippen LogP contribution in [0, 0.1) is 6.92 Å². The van der Waals surface area contributed by atoms with E-state index in [1.165, 1.54) is 0 Å². The van der Waals surface area contributed by atoms with Gasteiger partial charge in [-0.3, -0.25) is 30.2 Å². The molecule has 1 fully saturated rings. The topological polar surface area (TPSA) is 116 Å². The number of aryl methyl sites for hydroxylation is 1. The number of nitrogens with one attached hydrogen (secondary N) is 3. The highest BCUT2D eigenvalue weighted by Gasteiger charge is 2.17. The van der Waals surface area contributed by atoms with E-state index in [-0.39, 0.29) is 18.4 Å². The van der Waals surface area contributed by atoms with Crippen molar-refractivity contribution >= 4 is 29.4 Å². The fourth-order valence-electron chi connectivity index (χ4n) is 2.92. The van der Waals surface area contributed by atoms with Crippen LogP contribution in [-0.2, 0) is 16.0 Å². The van der Waals surface area contributed by atoms with Crippen molar-refractivity contribution in [2.45, 2.75) is 19.8 Å². The highest BCUT2D eigenvalue weighted by atomic mass is 35.5. The van der Waals surface area contributed by atoms with Gasteiger partial charge >= 0.3 is 0 Å². The first-order valence-electron chi connectivity index (χ1n) is 9.21. The number of aromatic nitrogens is 2. The van der Waals surface area contributed by atoms with Gasteiger partial charge in [0.1, 0.15) is 0 Å². The van der Waals surface area contributed by atoms with E-state index in [1.54, 1.807) is 31.2 Å². The van der Waals surface area contributed by atoms with Crippen molar-refractivity contribution in [2.75, 3.05) is 31.2 Å². The molecule has 3 rings (SSSR count). The van der Waals surface area contributed by atoms with Gasteiger partial charge in [0.25, 0.3) is 11.5 Å². The van der Waals surface area contributed by atoms with E-state index in [0.29, 0.717) is 54.1 Å². The van der Waals surface area contributed by atoms with Crippen molar-refractivity contribution in [3.8, 4) is 0 Å². The van der Waals surface area contributed by atoms with Crippen LogP contribution in [-0.4, -0.2) is 48.1 Å². The van der Waals surface area contributed by atoms with Crippen molar-refractivity contribution in [3.05, 3.63) is 56.5 Å². The van der Waals surface area contributed by atoms with Gasteiger partial charge < -0.3 is 9.64 Å². The number of rotatable bonds is 5. The summed E-state index contributed by atoms with van der Waals surface area (Å²) < 4.78 is 5.30. The average molecular weight is 420 g/mol. The number of ether oxygens (including phenoxy) is 1. The molecule has 9 nitrogen and oxygen atoms in total. The number of hydrogen-bond acceptors (Lipinski definition) is 6. The average Bonchev–Trinajstić information content (AvgIpc) is 2.72. The molecular weight excluding hydrogens is 398 g/mol. The van der Waals surface area contributed by atoms with Crippen molar-refractivity contribution in [3.63, 3.8) is 0 Å². The Kier molecular flexibility index (Phi) is 6.84. The number of amides is 2. The number of hydrazine groups is 1. The molecule has 1 aliphatic heterocycles. The Morgan fingerprint density at radius 3 is 2.55 bits per heavy atom. The van der Waals surface area contributed by atoms with E-state index in [4.69, 9.17) is 16.3 Å². The van der Waals surface area contributed by atoms with Crippen LogP contribution in [0.2, 0.25) is 5.02 Å². The maximum atomic E-state index is 12.4. The predicted octanol–water partition coefficient (Wildman–Crippen LogP) is 0.962. The van der Waals surface area contributed by atoms with E-state index >= 15 is 0 Å². The molecule has 1 aromatic heterocycles. The molecule has 2 amide bonds. The molecule has 29 heavy (non-hydrogen) atoms. The van der Waals surface area contributed by atoms with Crippen LogP contribution in [0.15, 0.2) is 29.1 Å². The number of carbonyl (C=O) groups excluding carboxylic acids is 2. The quantitative estimate of drug-likeness (QED) is 0.621. The van der Waals surface area contributed by atoms with Gasteiger partial charge in [-0.15, -0.1) is 0 Å². The van der Waals surface area contributed by atoms with Gasteiger partial charge in [-0.1, -0.05) is 11.6 Å². The predicted molar refractivity (Wildman–Crippen MR) is 108 cm³/mol. The lowest BCUT2D eigenvalue weighted by Crippen LogP contribution is -2.42. The number of anilines is 1. The van der Waals surface area contributed by atoms with Crippen molar-refractivity contribution in [2.24, 2.45) is 0 Å². The summed E-state index contributed by atoms with van der Waals surface area (Å²) in [5.41, 5.74) is 5.80. The second-order valence-electron chi connectivity index (χ2n) is 6.56. The highest BCUT2D eigenvalue weighted by Crippen LogP contribution is 2.11. The third kappa shape index (κ3) is 5.55. The standard InChI is InChI=1S/C19H22ClN5O4/c1-12-15(18(28)22-19(21-12)25-8-10-29-11-9-25)6-7-16(26)23-24-17(27)13-2-4-14(20)5-3-13/h2-5H,6-11H2,1H3,(H,23,26)(H,24,27)(H,21,22,28). The largest absolute Gasteiger partial charge is 0.378 e. The minimum Gasteiger partial charge on any atom is -0.378 e. The number of morpholine rings is 1. The summed E-state index contributed by atoms with van der Waals surface area (Å²) in [7, 11) is 0. The van der Waals surface area contributed by atoms with Gasteiger partial charge in [0, 0.05) is 41.4 Å². The van der Waals surface area contributed by atoms with Crippen molar-refractivity contribution < 1.29 is 14.3 Å². The van der Waals surface area contributed by atoms with Gasteiger partial charge in [-0.05, 0) is 37.6 Å². The zero-order valence-corrected chi connectivity index (χ0v) is 16.7. The molecule has 0 bridgehead atoms. The number of carbonyl (C=O) groups is 2. The van der Waals surface area contributed by atoms with Gasteiger partial charge in [-0.2, -0.15) is 0 Å². The third-order valence-corrected chi connectivity index (χ3v) is 4.80. The number of H-pyrrole nitrogens is 1. The third-order valence-electron chi connectivity index (χ3n) is 4.54. The molecule has 154 valence electrons. The molecule has 0 saturated carbocycles. The summed E-state index contributed by atoms with van der Waals surface area (Å²) in [6.45, 7) is 4.25. The molecule has 2 heterocycles. The monoisotopic (exact) mass is 419 g/mol. The molecule has 0 radical (unpaired) electrons. The van der Waals surface area contributed by atoms with E-state index in [1.807, 2.05) is 4.90 Å². The normalized spacial score (nSPS) is 13.8. The van der Waals surface area contributed by atoms with Crippen LogP contribution in [0.25, 0.3) is 0 Å². The molecule has 2 aromatic rings. The smallest absolute Gasteiger partial charge is 0.269 e. The molecule has 1 saturated heterocycles. The summed E-state index contributed by atoms with van der Waals surface area (Å²) in [6, 6.07) is 6.27. The first-order valence-corrected chi connectivity index (χ1v) is 9.59. The zero-order valence-electron chi connectivity index (χ0n) is 16.0. The molecule has 0 unspecified atom stereocenters. The fraction of sp³-hybridized carbons (Fsp3) is 0.368. The Morgan fingerprint density at radius 2 is 1.90 bits per heavy atom. The highest BCUT2D eigenvalue weighted by molar-refractivity contribution is 6.30. The maximum absolute atomic E-state index is 12.4. The molecule has 0 spiro atoms. The van der Waals surface area contributed by atoms with Crippen LogP contribution < -0.4 is 21.3 Å². The molecule has 0 atom stereocenters. The molecular formula is C19H22ClN5O4. The second-order valence-corrected chi connectivity index (χ2v) is 7.00. The van der Waals surface area contributed by atoms with Crippen LogP contribution in [0.5, 0.6) is 0 Å². The molecule has 1 aliphatic rings. The first-order chi connectivity index (χ1) is 13.9. The lowest BCUT2D eigenvalue weighted by Gasteiger charge is -2.27. The summed E-state index contributed by atoms with van der Waals surface area (Å²) in [6.07, 6.45) is 0.240. The van der Waals surface area contributed by atoms with Crippen LogP contribution in [0.4, 0.5) is 5.95 Å². The van der Waals surface area contributed by atoms with Crippen LogP contribution in [0.1, 0.15) is 28.0 Å². The van der Waals surface area contributed by atoms with Crippen molar-refractivity contribution in [1.29, 1.82) is 0 Å². The molecule has 10 heteroatoms. The number of benzene rings is 1. The number of hydrogen-bond donors (Lipinski definition) is 3. The van der Waals surface area contributed by atoms with E-state index in [2.05, 4.69) is 20.8 Å². The van der Waals surface area contributed by atoms with E-state index < -0.39 is 11.8 Å². The lowest BCUT2D eigenvalue weighted by atomic mass is 10.1. The SMILES string of the molecule is Cc1nc(N2CCOCC2)[nH]c(=O)c1CCC(=O)NNC(=O)c1ccc(Cl)cc1. The maximum Gasteiger partial charge on any atom is 0.269 e. The van der Waals surface area contributed by atoms with Gasteiger partial charge in [0.05, 0.1) is 13.2 Å². The Hall–Kier alpha value is -2.91. The second kappa shape index (κ2) is 9.53. The van der Waals surface area contributed by atoms with Gasteiger partial charge in [0.15, 0.2) is 0 Å². The van der Waals surface area contributed by atoms with E-state index in [0.717, 1.165) is 0 Å². The summed E-state index contributed by atoms with van der Waals surface area (Å²) in [5, 5.41) is 0.513. The minimum absolute atomic E-state index is 0.0311. The van der Waals surface area contributed by atoms with Crippen LogP contribution in [0.3, 0.4) is 0 Å². The number of halogens is 1. The van der Waals surface area contributed by atoms with Crippen molar-refractivity contribution in [1.82, 2.24) is 20.8 Å². The lowest BCUT2D eigenvalue weighted by molar-refractivity contribution is -0.121. The Bertz CT molecular complexity index is 939. The Labute approximate surface area is 172 Å².